The molecule has 14 heavy (non-hydrogen) atoms. The van der Waals surface area contributed by atoms with Crippen molar-refractivity contribution in [2.24, 2.45) is 5.92 Å². The van der Waals surface area contributed by atoms with E-state index < -0.39 is 0 Å². The lowest BCUT2D eigenvalue weighted by Gasteiger charge is -2.30. The molecule has 4 nitrogen and oxygen atoms in total. The molecule has 2 bridgehead atoms. The number of rotatable bonds is 1. The van der Waals surface area contributed by atoms with Crippen LogP contribution in [-0.4, -0.2) is 37.9 Å². The van der Waals surface area contributed by atoms with Crippen molar-refractivity contribution in [3.8, 4) is 0 Å². The highest BCUT2D eigenvalue weighted by atomic mass is 32.1. The second-order valence-corrected chi connectivity index (χ2v) is 4.76. The summed E-state index contributed by atoms with van der Waals surface area (Å²) in [5.74, 6) is 0.498. The van der Waals surface area contributed by atoms with Crippen LogP contribution in [0.3, 0.4) is 0 Å². The molecule has 0 amide bonds. The van der Waals surface area contributed by atoms with E-state index in [1.807, 2.05) is 6.20 Å². The van der Waals surface area contributed by atoms with Gasteiger partial charge in [-0.1, -0.05) is 0 Å². The minimum absolute atomic E-state index is 0.119. The van der Waals surface area contributed by atoms with E-state index in [9.17, 15) is 5.11 Å². The predicted octanol–water partition coefficient (Wildman–Crippen LogP) is 0.666. The summed E-state index contributed by atoms with van der Waals surface area (Å²) in [6.45, 7) is 1.84. The summed E-state index contributed by atoms with van der Waals surface area (Å²) in [6.07, 6.45) is 3.99. The van der Waals surface area contributed by atoms with E-state index in [-0.39, 0.29) is 6.10 Å². The zero-order valence-electron chi connectivity index (χ0n) is 7.83. The van der Waals surface area contributed by atoms with Gasteiger partial charge in [0.1, 0.15) is 0 Å². The van der Waals surface area contributed by atoms with Gasteiger partial charge in [0.15, 0.2) is 0 Å². The molecule has 76 valence electrons. The molecular formula is C9H13N3OS. The smallest absolute Gasteiger partial charge is 0.0914 e. The van der Waals surface area contributed by atoms with Gasteiger partial charge in [-0.3, -0.25) is 4.90 Å². The van der Waals surface area contributed by atoms with E-state index in [2.05, 4.69) is 13.6 Å². The van der Waals surface area contributed by atoms with Crippen molar-refractivity contribution in [3.63, 3.8) is 0 Å². The van der Waals surface area contributed by atoms with Crippen LogP contribution in [0.1, 0.15) is 24.6 Å². The Kier molecular flexibility index (Phi) is 2.04. The molecule has 0 saturated carbocycles. The predicted molar refractivity (Wildman–Crippen MR) is 53.0 cm³/mol. The summed E-state index contributed by atoms with van der Waals surface area (Å²) >= 11 is 1.27. The lowest BCUT2D eigenvalue weighted by molar-refractivity contribution is 0.144. The maximum Gasteiger partial charge on any atom is 0.0914 e. The van der Waals surface area contributed by atoms with E-state index in [4.69, 9.17) is 0 Å². The van der Waals surface area contributed by atoms with Gasteiger partial charge in [0.25, 0.3) is 0 Å². The van der Waals surface area contributed by atoms with Crippen molar-refractivity contribution >= 4 is 11.7 Å². The molecule has 0 aromatic carbocycles. The Morgan fingerprint density at radius 2 is 2.36 bits per heavy atom. The van der Waals surface area contributed by atoms with Crippen LogP contribution in [0, 0.1) is 5.92 Å². The largest absolute Gasteiger partial charge is 0.391 e. The molecule has 4 atom stereocenters. The SMILES string of the molecule is OC1CN2CC1CCC2c1cnsn1. The Balaban J connectivity index is 1.83. The first-order valence-electron chi connectivity index (χ1n) is 5.04. The number of aliphatic hydroxyl groups is 1. The van der Waals surface area contributed by atoms with Crippen molar-refractivity contribution < 1.29 is 5.11 Å². The fourth-order valence-corrected chi connectivity index (χ4v) is 3.10. The van der Waals surface area contributed by atoms with Gasteiger partial charge in [0.05, 0.1) is 35.8 Å². The van der Waals surface area contributed by atoms with Crippen LogP contribution in [0.25, 0.3) is 0 Å². The molecule has 2 saturated heterocycles. The third-order valence-electron chi connectivity index (χ3n) is 3.41. The zero-order valence-corrected chi connectivity index (χ0v) is 8.65. The topological polar surface area (TPSA) is 49.2 Å². The van der Waals surface area contributed by atoms with Gasteiger partial charge in [0, 0.05) is 13.1 Å². The first-order valence-corrected chi connectivity index (χ1v) is 5.77. The van der Waals surface area contributed by atoms with Crippen molar-refractivity contribution in [2.45, 2.75) is 25.0 Å². The number of hydrogen-bond donors (Lipinski definition) is 1. The number of nitrogens with zero attached hydrogens (tertiary/aromatic N) is 3. The minimum atomic E-state index is -0.119. The van der Waals surface area contributed by atoms with Gasteiger partial charge >= 0.3 is 0 Å². The molecule has 1 N–H and O–H groups in total. The quantitative estimate of drug-likeness (QED) is 0.741. The highest BCUT2D eigenvalue weighted by molar-refractivity contribution is 6.99. The molecule has 4 unspecified atom stereocenters. The number of hydrogen-bond acceptors (Lipinski definition) is 5. The Bertz CT molecular complexity index is 314. The molecule has 5 heteroatoms. The number of aliphatic hydroxyl groups excluding tert-OH is 1. The third kappa shape index (κ3) is 1.27. The van der Waals surface area contributed by atoms with Crippen LogP contribution in [0.5, 0.6) is 0 Å². The molecule has 2 fully saturated rings. The summed E-state index contributed by atoms with van der Waals surface area (Å²) in [5, 5.41) is 9.74. The van der Waals surface area contributed by atoms with Crippen LogP contribution < -0.4 is 0 Å². The van der Waals surface area contributed by atoms with Crippen LogP contribution in [0.15, 0.2) is 6.20 Å². The molecule has 0 spiro atoms. The Morgan fingerprint density at radius 3 is 3.14 bits per heavy atom. The summed E-state index contributed by atoms with van der Waals surface area (Å²) in [4.78, 5) is 2.34. The van der Waals surface area contributed by atoms with E-state index in [0.717, 1.165) is 31.6 Å². The maximum atomic E-state index is 9.74. The average Bonchev–Trinajstić information content (AvgIpc) is 2.78. The fourth-order valence-electron chi connectivity index (χ4n) is 2.63. The lowest BCUT2D eigenvalue weighted by atomic mass is 9.94. The molecule has 3 heterocycles. The normalized spacial score (nSPS) is 41.5. The average molecular weight is 211 g/mol. The van der Waals surface area contributed by atoms with Crippen molar-refractivity contribution in [1.29, 1.82) is 0 Å². The second-order valence-electron chi connectivity index (χ2n) is 4.21. The minimum Gasteiger partial charge on any atom is -0.391 e. The number of fused-ring (bicyclic) bond motifs is 2. The highest BCUT2D eigenvalue weighted by Gasteiger charge is 2.40. The molecule has 1 aromatic heterocycles. The van der Waals surface area contributed by atoms with Crippen LogP contribution in [-0.2, 0) is 0 Å². The van der Waals surface area contributed by atoms with Gasteiger partial charge in [-0.2, -0.15) is 8.75 Å². The fraction of sp³-hybridized carbons (Fsp3) is 0.778. The van der Waals surface area contributed by atoms with Crippen molar-refractivity contribution in [2.75, 3.05) is 13.1 Å². The molecule has 0 aliphatic carbocycles. The van der Waals surface area contributed by atoms with E-state index in [1.54, 1.807) is 0 Å². The van der Waals surface area contributed by atoms with E-state index in [0.29, 0.717) is 12.0 Å². The van der Waals surface area contributed by atoms with E-state index >= 15 is 0 Å². The first kappa shape index (κ1) is 8.76. The number of piperidine rings is 1. The van der Waals surface area contributed by atoms with Gasteiger partial charge in [-0.25, -0.2) is 0 Å². The third-order valence-corrected chi connectivity index (χ3v) is 3.90. The first-order chi connectivity index (χ1) is 6.84. The Morgan fingerprint density at radius 1 is 1.43 bits per heavy atom. The standard InChI is InChI=1S/C9H13N3OS/c13-9-5-12-4-6(9)1-2-8(12)7-3-10-14-11-7/h3,6,8-9,13H,1-2,4-5H2. The van der Waals surface area contributed by atoms with E-state index in [1.165, 1.54) is 11.7 Å². The maximum absolute atomic E-state index is 9.74. The van der Waals surface area contributed by atoms with Crippen molar-refractivity contribution in [3.05, 3.63) is 11.9 Å². The molecule has 3 rings (SSSR count). The summed E-state index contributed by atoms with van der Waals surface area (Å²) in [6, 6.07) is 0.405. The van der Waals surface area contributed by atoms with Gasteiger partial charge < -0.3 is 5.11 Å². The zero-order chi connectivity index (χ0) is 9.54. The van der Waals surface area contributed by atoms with Gasteiger partial charge in [0.2, 0.25) is 0 Å². The van der Waals surface area contributed by atoms with Crippen LogP contribution >= 0.6 is 11.7 Å². The lowest BCUT2D eigenvalue weighted by Crippen LogP contribution is -2.30. The molecule has 0 radical (unpaired) electrons. The number of aromatic nitrogens is 2. The summed E-state index contributed by atoms with van der Waals surface area (Å²) in [7, 11) is 0. The Labute approximate surface area is 86.9 Å². The molecule has 2 aliphatic rings. The molecule has 2 aliphatic heterocycles. The highest BCUT2D eigenvalue weighted by Crippen LogP contribution is 2.38. The Hall–Kier alpha value is -0.520. The van der Waals surface area contributed by atoms with Crippen LogP contribution in [0.2, 0.25) is 0 Å². The monoisotopic (exact) mass is 211 g/mol. The summed E-state index contributed by atoms with van der Waals surface area (Å²) < 4.78 is 8.33. The van der Waals surface area contributed by atoms with Gasteiger partial charge in [-0.05, 0) is 18.8 Å². The second kappa shape index (κ2) is 3.25. The molecular weight excluding hydrogens is 198 g/mol. The van der Waals surface area contributed by atoms with Crippen LogP contribution in [0.4, 0.5) is 0 Å². The van der Waals surface area contributed by atoms with Crippen molar-refractivity contribution in [1.82, 2.24) is 13.6 Å². The molecule has 1 aromatic rings. The van der Waals surface area contributed by atoms with Gasteiger partial charge in [-0.15, -0.1) is 0 Å². The summed E-state index contributed by atoms with van der Waals surface area (Å²) in [5.41, 5.74) is 1.09.